The standard InChI is InChI=1S/C12H10BrClN4S/c1-7(14)11-17-9-4-8(13)5-16-12(9)18(11)6-10-15-2-3-19-10/h2-5,7H,6H2,1H3. The molecule has 0 aromatic carbocycles. The van der Waals surface area contributed by atoms with E-state index in [4.69, 9.17) is 11.6 Å². The van der Waals surface area contributed by atoms with Gasteiger partial charge in [0.1, 0.15) is 16.3 Å². The van der Waals surface area contributed by atoms with Gasteiger partial charge >= 0.3 is 0 Å². The maximum atomic E-state index is 6.22. The first-order chi connectivity index (χ1) is 9.15. The van der Waals surface area contributed by atoms with Crippen molar-refractivity contribution in [2.45, 2.75) is 18.8 Å². The van der Waals surface area contributed by atoms with Gasteiger partial charge in [-0.1, -0.05) is 0 Å². The Hall–Kier alpha value is -0.980. The Labute approximate surface area is 127 Å². The summed E-state index contributed by atoms with van der Waals surface area (Å²) in [6, 6.07) is 1.95. The maximum absolute atomic E-state index is 6.22. The molecule has 3 rings (SSSR count). The summed E-state index contributed by atoms with van der Waals surface area (Å²) in [7, 11) is 0. The van der Waals surface area contributed by atoms with Crippen LogP contribution in [0, 0.1) is 0 Å². The Kier molecular flexibility index (Phi) is 3.56. The van der Waals surface area contributed by atoms with E-state index in [0.29, 0.717) is 6.54 Å². The van der Waals surface area contributed by atoms with Gasteiger partial charge in [0.2, 0.25) is 0 Å². The monoisotopic (exact) mass is 356 g/mol. The highest BCUT2D eigenvalue weighted by atomic mass is 79.9. The van der Waals surface area contributed by atoms with Crippen LogP contribution in [0.2, 0.25) is 0 Å². The van der Waals surface area contributed by atoms with Gasteiger partial charge in [-0.15, -0.1) is 22.9 Å². The number of hydrogen-bond acceptors (Lipinski definition) is 4. The molecule has 0 amide bonds. The van der Waals surface area contributed by atoms with Gasteiger partial charge in [0.05, 0.1) is 11.9 Å². The van der Waals surface area contributed by atoms with Crippen LogP contribution in [0.15, 0.2) is 28.3 Å². The summed E-state index contributed by atoms with van der Waals surface area (Å²) in [5.74, 6) is 0.817. The minimum absolute atomic E-state index is 0.173. The number of fused-ring (bicyclic) bond motifs is 1. The van der Waals surface area contributed by atoms with Crippen molar-refractivity contribution in [2.75, 3.05) is 0 Å². The molecule has 4 nitrogen and oxygen atoms in total. The number of hydrogen-bond donors (Lipinski definition) is 0. The lowest BCUT2D eigenvalue weighted by atomic mass is 10.4. The van der Waals surface area contributed by atoms with Crippen LogP contribution in [-0.4, -0.2) is 19.5 Å². The van der Waals surface area contributed by atoms with E-state index in [1.54, 1.807) is 23.7 Å². The highest BCUT2D eigenvalue weighted by molar-refractivity contribution is 9.10. The van der Waals surface area contributed by atoms with Gasteiger partial charge in [-0.05, 0) is 28.9 Å². The highest BCUT2D eigenvalue weighted by Crippen LogP contribution is 2.26. The number of imidazole rings is 1. The summed E-state index contributed by atoms with van der Waals surface area (Å²) >= 11 is 11.2. The number of thiazole rings is 1. The van der Waals surface area contributed by atoms with Gasteiger partial charge < -0.3 is 4.57 Å². The molecule has 0 aliphatic heterocycles. The number of alkyl halides is 1. The molecule has 98 valence electrons. The molecular weight excluding hydrogens is 348 g/mol. The fraction of sp³-hybridized carbons (Fsp3) is 0.250. The highest BCUT2D eigenvalue weighted by Gasteiger charge is 2.17. The molecule has 1 unspecified atom stereocenters. The third-order valence-corrected chi connectivity index (χ3v) is 4.11. The molecule has 0 radical (unpaired) electrons. The Morgan fingerprint density at radius 1 is 1.47 bits per heavy atom. The molecule has 1 atom stereocenters. The van der Waals surface area contributed by atoms with E-state index in [1.165, 1.54) is 0 Å². The van der Waals surface area contributed by atoms with Crippen LogP contribution < -0.4 is 0 Å². The molecule has 0 aliphatic carbocycles. The summed E-state index contributed by atoms with van der Waals surface area (Å²) in [4.78, 5) is 13.3. The molecule has 19 heavy (non-hydrogen) atoms. The van der Waals surface area contributed by atoms with Gasteiger partial charge in [0.15, 0.2) is 5.65 Å². The van der Waals surface area contributed by atoms with Gasteiger partial charge in [-0.3, -0.25) is 0 Å². The number of aromatic nitrogens is 4. The second-order valence-corrected chi connectivity index (χ2v) is 6.64. The zero-order valence-electron chi connectivity index (χ0n) is 10.0. The van der Waals surface area contributed by atoms with Gasteiger partial charge in [-0.2, -0.15) is 0 Å². The quantitative estimate of drug-likeness (QED) is 0.666. The molecule has 0 N–H and O–H groups in total. The zero-order valence-corrected chi connectivity index (χ0v) is 13.2. The van der Waals surface area contributed by atoms with E-state index >= 15 is 0 Å². The van der Waals surface area contributed by atoms with Crippen LogP contribution >= 0.6 is 38.9 Å². The first-order valence-electron chi connectivity index (χ1n) is 5.69. The Morgan fingerprint density at radius 3 is 3.00 bits per heavy atom. The lowest BCUT2D eigenvalue weighted by molar-refractivity contribution is 0.732. The fourth-order valence-electron chi connectivity index (χ4n) is 1.93. The minimum Gasteiger partial charge on any atom is -0.305 e. The summed E-state index contributed by atoms with van der Waals surface area (Å²) in [5.41, 5.74) is 1.68. The van der Waals surface area contributed by atoms with Crippen LogP contribution in [0.5, 0.6) is 0 Å². The lowest BCUT2D eigenvalue weighted by Gasteiger charge is -2.07. The van der Waals surface area contributed by atoms with E-state index in [-0.39, 0.29) is 5.38 Å². The molecule has 7 heteroatoms. The summed E-state index contributed by atoms with van der Waals surface area (Å²) in [5, 5.41) is 2.80. The van der Waals surface area contributed by atoms with Crippen LogP contribution in [0.1, 0.15) is 23.1 Å². The predicted molar refractivity (Wildman–Crippen MR) is 80.7 cm³/mol. The molecule has 3 aromatic rings. The Morgan fingerprint density at radius 2 is 2.32 bits per heavy atom. The topological polar surface area (TPSA) is 43.6 Å². The van der Waals surface area contributed by atoms with E-state index < -0.39 is 0 Å². The van der Waals surface area contributed by atoms with Crippen molar-refractivity contribution in [3.63, 3.8) is 0 Å². The molecule has 0 aliphatic rings. The predicted octanol–water partition coefficient (Wildman–Crippen LogP) is 4.00. The number of halogens is 2. The first kappa shape index (κ1) is 13.0. The van der Waals surface area contributed by atoms with E-state index in [1.807, 2.05) is 22.9 Å². The average Bonchev–Trinajstić information content (AvgIpc) is 2.97. The van der Waals surface area contributed by atoms with Crippen molar-refractivity contribution in [1.82, 2.24) is 19.5 Å². The SMILES string of the molecule is CC(Cl)c1nc2cc(Br)cnc2n1Cc1nccs1. The molecule has 3 heterocycles. The van der Waals surface area contributed by atoms with E-state index in [0.717, 1.165) is 26.5 Å². The van der Waals surface area contributed by atoms with Crippen molar-refractivity contribution in [2.24, 2.45) is 0 Å². The zero-order chi connectivity index (χ0) is 13.4. The lowest BCUT2D eigenvalue weighted by Crippen LogP contribution is -2.06. The maximum Gasteiger partial charge on any atom is 0.160 e. The second kappa shape index (κ2) is 5.19. The van der Waals surface area contributed by atoms with Gasteiger partial charge in [-0.25, -0.2) is 15.0 Å². The first-order valence-corrected chi connectivity index (χ1v) is 7.80. The molecule has 0 spiro atoms. The Balaban J connectivity index is 2.16. The number of nitrogens with zero attached hydrogens (tertiary/aromatic N) is 4. The fourth-order valence-corrected chi connectivity index (χ4v) is 3.02. The van der Waals surface area contributed by atoms with Crippen LogP contribution in [-0.2, 0) is 6.54 Å². The van der Waals surface area contributed by atoms with Crippen LogP contribution in [0.3, 0.4) is 0 Å². The van der Waals surface area contributed by atoms with Crippen molar-refractivity contribution < 1.29 is 0 Å². The largest absolute Gasteiger partial charge is 0.305 e. The van der Waals surface area contributed by atoms with Gasteiger partial charge in [0, 0.05) is 22.2 Å². The van der Waals surface area contributed by atoms with Crippen LogP contribution in [0.4, 0.5) is 0 Å². The number of rotatable bonds is 3. The number of pyridine rings is 1. The molecule has 0 saturated carbocycles. The molecule has 0 saturated heterocycles. The van der Waals surface area contributed by atoms with E-state index in [2.05, 4.69) is 30.9 Å². The molecular formula is C12H10BrClN4S. The third kappa shape index (κ3) is 2.52. The minimum atomic E-state index is -0.173. The molecule has 3 aromatic heterocycles. The summed E-state index contributed by atoms with van der Waals surface area (Å²) in [6.07, 6.45) is 3.57. The molecule has 0 fully saturated rings. The Bertz CT molecular complexity index is 708. The van der Waals surface area contributed by atoms with Crippen molar-refractivity contribution in [1.29, 1.82) is 0 Å². The van der Waals surface area contributed by atoms with Crippen molar-refractivity contribution >= 4 is 50.0 Å². The smallest absolute Gasteiger partial charge is 0.160 e. The average molecular weight is 358 g/mol. The van der Waals surface area contributed by atoms with Crippen LogP contribution in [0.25, 0.3) is 11.2 Å². The van der Waals surface area contributed by atoms with Crippen molar-refractivity contribution in [3.8, 4) is 0 Å². The van der Waals surface area contributed by atoms with Gasteiger partial charge in [0.25, 0.3) is 0 Å². The summed E-state index contributed by atoms with van der Waals surface area (Å²) in [6.45, 7) is 2.56. The summed E-state index contributed by atoms with van der Waals surface area (Å²) < 4.78 is 2.94. The molecule has 0 bridgehead atoms. The third-order valence-electron chi connectivity index (χ3n) is 2.71. The van der Waals surface area contributed by atoms with E-state index in [9.17, 15) is 0 Å². The normalized spacial score (nSPS) is 13.0. The van der Waals surface area contributed by atoms with Crippen molar-refractivity contribution in [3.05, 3.63) is 39.1 Å². The second-order valence-electron chi connectivity index (χ2n) is 4.09.